The van der Waals surface area contributed by atoms with Crippen molar-refractivity contribution in [2.75, 3.05) is 4.90 Å². The fourth-order valence-corrected chi connectivity index (χ4v) is 8.57. The summed E-state index contributed by atoms with van der Waals surface area (Å²) in [6, 6.07) is 71.3. The van der Waals surface area contributed by atoms with E-state index in [1.165, 1.54) is 10.9 Å². The number of hydrogen-bond acceptors (Lipinski definition) is 3. The summed E-state index contributed by atoms with van der Waals surface area (Å²) in [7, 11) is 0. The molecule has 0 aliphatic carbocycles. The number of anilines is 3. The number of aromatic nitrogens is 2. The molecule has 0 atom stereocenters. The zero-order valence-electron chi connectivity index (χ0n) is 31.0. The van der Waals surface area contributed by atoms with Crippen molar-refractivity contribution in [3.8, 4) is 39.1 Å². The molecule has 268 valence electrons. The normalized spacial score (nSPS) is 11.5. The standard InChI is InChI=1S/C53H35N3O/c1-3-15-36(16-4-1)37-17-11-22-41(33-37)55(42-23-12-18-38(34-42)39-19-14-32-54-35-39)48-31-30-44(43-26-13-29-50-51(43)46-25-8-10-28-49(46)57-50)53-52(48)45-24-7-9-27-47(45)56(53)40-20-5-2-6-21-40/h1-35H. The molecule has 0 saturated heterocycles. The highest BCUT2D eigenvalue weighted by Crippen LogP contribution is 2.49. The summed E-state index contributed by atoms with van der Waals surface area (Å²) in [5, 5.41) is 4.55. The van der Waals surface area contributed by atoms with Gasteiger partial charge in [0.1, 0.15) is 11.2 Å². The Morgan fingerprint density at radius 1 is 0.439 bits per heavy atom. The fraction of sp³-hybridized carbons (Fsp3) is 0. The SMILES string of the molecule is c1ccc(-c2cccc(N(c3cccc(-c4cccnc4)c3)c3ccc(-c4cccc5oc6ccccc6c45)c4c3c3ccccc3n4-c3ccccc3)c2)cc1. The molecule has 0 N–H and O–H groups in total. The average molecular weight is 730 g/mol. The highest BCUT2D eigenvalue weighted by Gasteiger charge is 2.25. The van der Waals surface area contributed by atoms with E-state index in [-0.39, 0.29) is 0 Å². The molecule has 0 spiro atoms. The summed E-state index contributed by atoms with van der Waals surface area (Å²) in [5.74, 6) is 0. The van der Waals surface area contributed by atoms with E-state index in [0.717, 1.165) is 88.9 Å². The molecule has 4 nitrogen and oxygen atoms in total. The molecule has 4 heteroatoms. The monoisotopic (exact) mass is 729 g/mol. The lowest BCUT2D eigenvalue weighted by Crippen LogP contribution is -2.11. The van der Waals surface area contributed by atoms with Crippen LogP contribution in [0.3, 0.4) is 0 Å². The molecule has 11 aromatic rings. The van der Waals surface area contributed by atoms with E-state index in [4.69, 9.17) is 4.42 Å². The molecule has 11 rings (SSSR count). The van der Waals surface area contributed by atoms with Gasteiger partial charge in [-0.25, -0.2) is 0 Å². The van der Waals surface area contributed by atoms with Gasteiger partial charge in [-0.2, -0.15) is 0 Å². The number of nitrogens with zero attached hydrogens (tertiary/aromatic N) is 3. The van der Waals surface area contributed by atoms with E-state index in [9.17, 15) is 0 Å². The van der Waals surface area contributed by atoms with Gasteiger partial charge in [0.05, 0.1) is 16.7 Å². The van der Waals surface area contributed by atoms with Crippen molar-refractivity contribution in [1.82, 2.24) is 9.55 Å². The third-order valence-corrected chi connectivity index (χ3v) is 11.1. The second kappa shape index (κ2) is 13.6. The van der Waals surface area contributed by atoms with Crippen LogP contribution < -0.4 is 4.90 Å². The van der Waals surface area contributed by atoms with Crippen LogP contribution in [-0.2, 0) is 0 Å². The molecule has 0 unspecified atom stereocenters. The largest absolute Gasteiger partial charge is 0.456 e. The lowest BCUT2D eigenvalue weighted by molar-refractivity contribution is 0.669. The maximum atomic E-state index is 6.45. The zero-order valence-corrected chi connectivity index (χ0v) is 31.0. The topological polar surface area (TPSA) is 34.2 Å². The van der Waals surface area contributed by atoms with Crippen molar-refractivity contribution in [1.29, 1.82) is 0 Å². The van der Waals surface area contributed by atoms with Gasteiger partial charge < -0.3 is 13.9 Å². The molecular weight excluding hydrogens is 695 g/mol. The quantitative estimate of drug-likeness (QED) is 0.164. The van der Waals surface area contributed by atoms with Gasteiger partial charge in [-0.05, 0) is 89.0 Å². The number of rotatable bonds is 7. The zero-order chi connectivity index (χ0) is 37.7. The molecule has 0 bridgehead atoms. The van der Waals surface area contributed by atoms with Gasteiger partial charge in [0.2, 0.25) is 0 Å². The molecular formula is C53H35N3O. The number of fused-ring (bicyclic) bond motifs is 6. The van der Waals surface area contributed by atoms with Crippen LogP contribution >= 0.6 is 0 Å². The lowest BCUT2D eigenvalue weighted by atomic mass is 9.95. The van der Waals surface area contributed by atoms with Crippen molar-refractivity contribution >= 4 is 60.8 Å². The molecule has 8 aromatic carbocycles. The van der Waals surface area contributed by atoms with Crippen LogP contribution in [0.15, 0.2) is 217 Å². The predicted molar refractivity (Wildman–Crippen MR) is 237 cm³/mol. The first-order valence-electron chi connectivity index (χ1n) is 19.3. The van der Waals surface area contributed by atoms with Gasteiger partial charge in [-0.1, -0.05) is 133 Å². The van der Waals surface area contributed by atoms with E-state index >= 15 is 0 Å². The molecule has 0 aliphatic heterocycles. The second-order valence-corrected chi connectivity index (χ2v) is 14.4. The van der Waals surface area contributed by atoms with Gasteiger partial charge in [0.25, 0.3) is 0 Å². The Kier molecular flexibility index (Phi) is 7.78. The Labute approximate surface area is 330 Å². The van der Waals surface area contributed by atoms with Crippen LogP contribution in [-0.4, -0.2) is 9.55 Å². The Morgan fingerprint density at radius 3 is 1.84 bits per heavy atom. The van der Waals surface area contributed by atoms with Gasteiger partial charge >= 0.3 is 0 Å². The van der Waals surface area contributed by atoms with Gasteiger partial charge in [0.15, 0.2) is 0 Å². The van der Waals surface area contributed by atoms with Crippen LogP contribution in [0.1, 0.15) is 0 Å². The van der Waals surface area contributed by atoms with E-state index in [1.54, 1.807) is 0 Å². The molecule has 0 fully saturated rings. The summed E-state index contributed by atoms with van der Waals surface area (Å²) in [6.07, 6.45) is 3.75. The molecule has 0 aliphatic rings. The van der Waals surface area contributed by atoms with Crippen molar-refractivity contribution in [2.45, 2.75) is 0 Å². The summed E-state index contributed by atoms with van der Waals surface area (Å²) in [6.45, 7) is 0. The Balaban J connectivity index is 1.26. The van der Waals surface area contributed by atoms with Crippen LogP contribution in [0, 0.1) is 0 Å². The van der Waals surface area contributed by atoms with Gasteiger partial charge in [-0.3, -0.25) is 4.98 Å². The first-order valence-corrected chi connectivity index (χ1v) is 19.3. The van der Waals surface area contributed by atoms with Crippen molar-refractivity contribution in [2.24, 2.45) is 0 Å². The fourth-order valence-electron chi connectivity index (χ4n) is 8.57. The molecule has 57 heavy (non-hydrogen) atoms. The van der Waals surface area contributed by atoms with Gasteiger partial charge in [-0.15, -0.1) is 0 Å². The second-order valence-electron chi connectivity index (χ2n) is 14.4. The highest BCUT2D eigenvalue weighted by atomic mass is 16.3. The Morgan fingerprint density at radius 2 is 1.07 bits per heavy atom. The molecule has 3 heterocycles. The number of hydrogen-bond donors (Lipinski definition) is 0. The average Bonchev–Trinajstić information content (AvgIpc) is 3.85. The minimum Gasteiger partial charge on any atom is -0.456 e. The highest BCUT2D eigenvalue weighted by molar-refractivity contribution is 6.23. The maximum absolute atomic E-state index is 6.45. The molecule has 0 radical (unpaired) electrons. The minimum atomic E-state index is 0.875. The third-order valence-electron chi connectivity index (χ3n) is 11.1. The van der Waals surface area contributed by atoms with Crippen molar-refractivity contribution in [3.63, 3.8) is 0 Å². The van der Waals surface area contributed by atoms with Crippen molar-refractivity contribution in [3.05, 3.63) is 213 Å². The van der Waals surface area contributed by atoms with E-state index in [2.05, 4.69) is 203 Å². The summed E-state index contributed by atoms with van der Waals surface area (Å²) >= 11 is 0. The maximum Gasteiger partial charge on any atom is 0.136 e. The minimum absolute atomic E-state index is 0.875. The van der Waals surface area contributed by atoms with E-state index in [1.807, 2.05) is 24.5 Å². The van der Waals surface area contributed by atoms with Crippen LogP contribution in [0.2, 0.25) is 0 Å². The Hall–Kier alpha value is -7.69. The van der Waals surface area contributed by atoms with E-state index < -0.39 is 0 Å². The molecule has 3 aromatic heterocycles. The van der Waals surface area contributed by atoms with Crippen LogP contribution in [0.4, 0.5) is 17.1 Å². The van der Waals surface area contributed by atoms with Crippen LogP contribution in [0.5, 0.6) is 0 Å². The third kappa shape index (κ3) is 5.50. The summed E-state index contributed by atoms with van der Waals surface area (Å²) in [5.41, 5.74) is 15.1. The number of benzene rings is 8. The summed E-state index contributed by atoms with van der Waals surface area (Å²) in [4.78, 5) is 6.88. The first kappa shape index (κ1) is 32.7. The Bertz CT molecular complexity index is 3150. The summed E-state index contributed by atoms with van der Waals surface area (Å²) < 4.78 is 8.89. The van der Waals surface area contributed by atoms with Gasteiger partial charge in [0, 0.05) is 62.1 Å². The lowest BCUT2D eigenvalue weighted by Gasteiger charge is -2.28. The van der Waals surface area contributed by atoms with Crippen molar-refractivity contribution < 1.29 is 4.42 Å². The predicted octanol–water partition coefficient (Wildman–Crippen LogP) is 14.5. The number of para-hydroxylation sites is 3. The first-order chi connectivity index (χ1) is 28.3. The smallest absolute Gasteiger partial charge is 0.136 e. The van der Waals surface area contributed by atoms with E-state index in [0.29, 0.717) is 0 Å². The number of furan rings is 1. The molecule has 0 saturated carbocycles. The molecule has 0 amide bonds. The number of pyridine rings is 1. The van der Waals surface area contributed by atoms with Crippen LogP contribution in [0.25, 0.3) is 82.8 Å².